The van der Waals surface area contributed by atoms with Crippen molar-refractivity contribution in [1.29, 1.82) is 0 Å². The lowest BCUT2D eigenvalue weighted by molar-refractivity contribution is -0.160. The van der Waals surface area contributed by atoms with Gasteiger partial charge in [0.05, 0.1) is 24.7 Å². The van der Waals surface area contributed by atoms with Gasteiger partial charge in [-0.3, -0.25) is 9.59 Å². The van der Waals surface area contributed by atoms with Gasteiger partial charge in [-0.2, -0.15) is 13.5 Å². The number of nitrogens with one attached hydrogen (secondary N) is 1. The maximum Gasteiger partial charge on any atom is 0.421 e. The van der Waals surface area contributed by atoms with E-state index in [4.69, 9.17) is 18.3 Å². The Morgan fingerprint density at radius 3 is 2.39 bits per heavy atom. The van der Waals surface area contributed by atoms with Gasteiger partial charge in [-0.25, -0.2) is 13.8 Å². The van der Waals surface area contributed by atoms with E-state index in [-0.39, 0.29) is 25.1 Å². The number of hydrogen-bond donors (Lipinski definition) is 2. The Morgan fingerprint density at radius 2 is 1.76 bits per heavy atom. The second-order valence-electron chi connectivity index (χ2n) is 10.4. The largest absolute Gasteiger partial charge is 0.465 e. The van der Waals surface area contributed by atoms with E-state index in [1.165, 1.54) is 9.80 Å². The van der Waals surface area contributed by atoms with Crippen LogP contribution in [-0.4, -0.2) is 103 Å². The third kappa shape index (κ3) is 6.15. The number of esters is 1. The zero-order valence-electron chi connectivity index (χ0n) is 21.5. The van der Waals surface area contributed by atoms with Crippen LogP contribution in [0.3, 0.4) is 0 Å². The predicted octanol–water partition coefficient (Wildman–Crippen LogP) is 1.22. The Kier molecular flexibility index (Phi) is 8.67. The smallest absolute Gasteiger partial charge is 0.421 e. The molecule has 4 aliphatic rings. The van der Waals surface area contributed by atoms with Crippen LogP contribution in [0.1, 0.15) is 64.7 Å². The number of fused-ring (bicyclic) bond motifs is 2. The summed E-state index contributed by atoms with van der Waals surface area (Å²) in [6.45, 7) is 2.16. The van der Waals surface area contributed by atoms with Crippen LogP contribution in [0.2, 0.25) is 0 Å². The Hall–Kier alpha value is -2.65. The van der Waals surface area contributed by atoms with Gasteiger partial charge in [0.15, 0.2) is 0 Å². The Morgan fingerprint density at radius 1 is 1.08 bits per heavy atom. The van der Waals surface area contributed by atoms with Crippen molar-refractivity contribution in [3.8, 4) is 0 Å². The molecule has 3 heterocycles. The van der Waals surface area contributed by atoms with Crippen molar-refractivity contribution >= 4 is 34.4 Å². The van der Waals surface area contributed by atoms with Crippen molar-refractivity contribution in [3.63, 3.8) is 0 Å². The first kappa shape index (κ1) is 28.4. The van der Waals surface area contributed by atoms with Gasteiger partial charge in [-0.05, 0) is 45.4 Å². The molecule has 3 aliphatic heterocycles. The van der Waals surface area contributed by atoms with Gasteiger partial charge in [-0.1, -0.05) is 19.3 Å². The lowest BCUT2D eigenvalue weighted by Gasteiger charge is -2.34. The lowest BCUT2D eigenvalue weighted by atomic mass is 9.75. The zero-order valence-corrected chi connectivity index (χ0v) is 22.3. The number of hydrogen-bond acceptors (Lipinski definition) is 9. The van der Waals surface area contributed by atoms with Crippen LogP contribution in [0.5, 0.6) is 0 Å². The Bertz CT molecular complexity index is 1020. The van der Waals surface area contributed by atoms with Crippen molar-refractivity contribution in [1.82, 2.24) is 20.2 Å². The number of amides is 4. The summed E-state index contributed by atoms with van der Waals surface area (Å²) in [7, 11) is -4.68. The maximum absolute atomic E-state index is 13.0. The first-order valence-electron chi connectivity index (χ1n) is 13.2. The minimum absolute atomic E-state index is 0.122. The highest BCUT2D eigenvalue weighted by Gasteiger charge is 2.50. The number of piperidine rings is 2. The number of carbonyl (C=O) groups excluding carboxylic acids is 3. The summed E-state index contributed by atoms with van der Waals surface area (Å²) in [4.78, 5) is 52.2. The average molecular weight is 561 g/mol. The molecular formula is C23H36N4O10S. The van der Waals surface area contributed by atoms with Gasteiger partial charge in [-0.15, -0.1) is 4.28 Å². The van der Waals surface area contributed by atoms with E-state index in [0.29, 0.717) is 51.6 Å². The molecule has 0 aromatic heterocycles. The summed E-state index contributed by atoms with van der Waals surface area (Å²) in [6, 6.07) is -2.32. The van der Waals surface area contributed by atoms with Crippen molar-refractivity contribution in [3.05, 3.63) is 0 Å². The van der Waals surface area contributed by atoms with Crippen molar-refractivity contribution < 1.29 is 45.9 Å². The average Bonchev–Trinajstić information content (AvgIpc) is 3.12. The molecule has 0 aromatic rings. The molecule has 14 nitrogen and oxygen atoms in total. The molecule has 0 unspecified atom stereocenters. The number of carboxylic acid groups (broad SMARTS) is 1. The van der Waals surface area contributed by atoms with Gasteiger partial charge in [0, 0.05) is 25.7 Å². The van der Waals surface area contributed by atoms with Crippen LogP contribution < -0.4 is 5.32 Å². The molecule has 2 N–H and O–H groups in total. The molecule has 4 rings (SSSR count). The van der Waals surface area contributed by atoms with Crippen molar-refractivity contribution in [2.24, 2.45) is 5.41 Å². The molecule has 15 heteroatoms. The monoisotopic (exact) mass is 560 g/mol. The van der Waals surface area contributed by atoms with Gasteiger partial charge < -0.3 is 25.0 Å². The fourth-order valence-corrected chi connectivity index (χ4v) is 6.54. The summed E-state index contributed by atoms with van der Waals surface area (Å²) >= 11 is 0. The van der Waals surface area contributed by atoms with E-state index in [0.717, 1.165) is 24.3 Å². The molecule has 0 radical (unpaired) electrons. The molecule has 0 spiro atoms. The highest BCUT2D eigenvalue weighted by atomic mass is 32.3. The summed E-state index contributed by atoms with van der Waals surface area (Å²) in [5, 5.41) is 12.7. The lowest BCUT2D eigenvalue weighted by Crippen LogP contribution is -2.54. The number of ether oxygens (including phenoxy) is 1. The van der Waals surface area contributed by atoms with Crippen LogP contribution in [0, 0.1) is 5.41 Å². The van der Waals surface area contributed by atoms with Gasteiger partial charge in [0.1, 0.15) is 6.04 Å². The standard InChI is InChI=1S/C23H36N4O10S/c1-2-35-20(29)23(10-4-3-5-11-23)15-36-38(33,34)37-27-17-6-7-18(26(14-17)21(27)30)19(28)24-16-8-12-25(13-9-16)22(31)32/h16-18H,2-15H2,1H3,(H,24,28)(H,31,32)/t17-,18+/m1/s1. The Labute approximate surface area is 221 Å². The number of urea groups is 1. The van der Waals surface area contributed by atoms with Crippen LogP contribution in [0.4, 0.5) is 9.59 Å². The van der Waals surface area contributed by atoms with E-state index in [1.807, 2.05) is 0 Å². The van der Waals surface area contributed by atoms with Gasteiger partial charge in [0.25, 0.3) is 0 Å². The predicted molar refractivity (Wildman–Crippen MR) is 130 cm³/mol. The maximum atomic E-state index is 13.0. The first-order chi connectivity index (χ1) is 18.0. The van der Waals surface area contributed by atoms with E-state index >= 15 is 0 Å². The summed E-state index contributed by atoms with van der Waals surface area (Å²) < 4.78 is 40.7. The van der Waals surface area contributed by atoms with Crippen LogP contribution in [0.15, 0.2) is 0 Å². The number of hydroxylamine groups is 2. The molecule has 214 valence electrons. The molecule has 1 saturated carbocycles. The van der Waals surface area contributed by atoms with Gasteiger partial charge >= 0.3 is 28.5 Å². The number of likely N-dealkylation sites (tertiary alicyclic amines) is 1. The van der Waals surface area contributed by atoms with Crippen LogP contribution in [0.25, 0.3) is 0 Å². The van der Waals surface area contributed by atoms with E-state index in [2.05, 4.69) is 5.32 Å². The molecule has 38 heavy (non-hydrogen) atoms. The zero-order chi connectivity index (χ0) is 27.5. The van der Waals surface area contributed by atoms with Crippen LogP contribution >= 0.6 is 0 Å². The van der Waals surface area contributed by atoms with E-state index < -0.39 is 52.6 Å². The first-order valence-corrected chi connectivity index (χ1v) is 14.5. The highest BCUT2D eigenvalue weighted by Crippen LogP contribution is 2.39. The number of nitrogens with zero attached hydrogens (tertiary/aromatic N) is 3. The Balaban J connectivity index is 1.33. The molecule has 3 saturated heterocycles. The molecule has 4 amide bonds. The third-order valence-electron chi connectivity index (χ3n) is 7.91. The fraction of sp³-hybridized carbons (Fsp3) is 0.826. The molecule has 0 aromatic carbocycles. The summed E-state index contributed by atoms with van der Waals surface area (Å²) in [6.07, 6.45) is 3.91. The van der Waals surface area contributed by atoms with Crippen LogP contribution in [-0.2, 0) is 33.2 Å². The third-order valence-corrected chi connectivity index (χ3v) is 8.66. The topological polar surface area (TPSA) is 172 Å². The number of rotatable bonds is 9. The normalized spacial score (nSPS) is 25.8. The number of carbonyl (C=O) groups is 4. The molecule has 2 atom stereocenters. The SMILES string of the molecule is CCOC(=O)C1(COS(=O)(=O)ON2C(=O)N3C[C@H]2CC[C@H]3C(=O)NC2CCN(C(=O)O)CC2)CCCCC1. The minimum Gasteiger partial charge on any atom is -0.465 e. The van der Waals surface area contributed by atoms with E-state index in [1.54, 1.807) is 6.92 Å². The molecule has 4 fully saturated rings. The molecule has 1 aliphatic carbocycles. The van der Waals surface area contributed by atoms with Gasteiger partial charge in [0.2, 0.25) is 5.91 Å². The summed E-state index contributed by atoms with van der Waals surface area (Å²) in [5.41, 5.74) is -1.08. The molecular weight excluding hydrogens is 524 g/mol. The fourth-order valence-electron chi connectivity index (χ4n) is 5.74. The second-order valence-corrected chi connectivity index (χ2v) is 11.6. The quantitative estimate of drug-likeness (QED) is 0.391. The van der Waals surface area contributed by atoms with Crippen molar-refractivity contribution in [2.75, 3.05) is 32.8 Å². The van der Waals surface area contributed by atoms with Crippen molar-refractivity contribution in [2.45, 2.75) is 82.8 Å². The minimum atomic E-state index is -4.68. The van der Waals surface area contributed by atoms with E-state index in [9.17, 15) is 27.6 Å². The second kappa shape index (κ2) is 11.6. The summed E-state index contributed by atoms with van der Waals surface area (Å²) in [5.74, 6) is -0.864. The molecule has 2 bridgehead atoms. The highest BCUT2D eigenvalue weighted by molar-refractivity contribution is 7.81.